The van der Waals surface area contributed by atoms with E-state index in [1.807, 2.05) is 28.9 Å². The number of H-pyrrole nitrogens is 1. The van der Waals surface area contributed by atoms with Gasteiger partial charge in [-0.05, 0) is 49.2 Å². The molecule has 0 radical (unpaired) electrons. The van der Waals surface area contributed by atoms with E-state index >= 15 is 0 Å². The van der Waals surface area contributed by atoms with E-state index in [9.17, 15) is 4.79 Å². The molecule has 1 aromatic carbocycles. The van der Waals surface area contributed by atoms with Crippen LogP contribution in [0.2, 0.25) is 0 Å². The van der Waals surface area contributed by atoms with Crippen molar-refractivity contribution >= 4 is 11.0 Å². The summed E-state index contributed by atoms with van der Waals surface area (Å²) < 4.78 is 7.94. The highest BCUT2D eigenvalue weighted by Crippen LogP contribution is 2.30. The normalized spacial score (nSPS) is 14.8. The second-order valence-electron chi connectivity index (χ2n) is 9.78. The van der Waals surface area contributed by atoms with Gasteiger partial charge in [0.15, 0.2) is 5.52 Å². The standard InChI is InChI=1S/C29H37N7O2/c1-4-17-38-25-11-10-21(19-35-15-13-34(6-3)14-16-35)18-23(25)28-31-26-24(5-2)36(33-27(26)29(37)32-28)20-22-9-7-8-12-30-22/h7-12,18H,4-6,13-17,19-20H2,1-3H3,(H,31,32,37). The summed E-state index contributed by atoms with van der Waals surface area (Å²) in [4.78, 5) is 30.6. The lowest BCUT2D eigenvalue weighted by atomic mass is 10.1. The molecule has 1 saturated heterocycles. The predicted octanol–water partition coefficient (Wildman–Crippen LogP) is 3.72. The average Bonchev–Trinajstić information content (AvgIpc) is 3.30. The lowest BCUT2D eigenvalue weighted by Gasteiger charge is -2.34. The molecular formula is C29H37N7O2. The highest BCUT2D eigenvalue weighted by Gasteiger charge is 2.20. The number of aromatic amines is 1. The summed E-state index contributed by atoms with van der Waals surface area (Å²) in [5.74, 6) is 1.24. The number of nitrogens with one attached hydrogen (secondary N) is 1. The van der Waals surface area contributed by atoms with Crippen molar-refractivity contribution in [2.45, 2.75) is 46.7 Å². The fourth-order valence-electron chi connectivity index (χ4n) is 5.04. The van der Waals surface area contributed by atoms with Gasteiger partial charge in [0.05, 0.1) is 30.1 Å². The Kier molecular flexibility index (Phi) is 8.14. The van der Waals surface area contributed by atoms with Crippen LogP contribution in [-0.2, 0) is 19.5 Å². The number of pyridine rings is 1. The van der Waals surface area contributed by atoms with Gasteiger partial charge in [-0.25, -0.2) is 4.98 Å². The molecule has 1 aliphatic rings. The van der Waals surface area contributed by atoms with Gasteiger partial charge in [-0.1, -0.05) is 32.9 Å². The molecule has 200 valence electrons. The molecule has 0 bridgehead atoms. The Morgan fingerprint density at radius 1 is 0.974 bits per heavy atom. The Morgan fingerprint density at radius 3 is 2.50 bits per heavy atom. The number of aryl methyl sites for hydroxylation is 1. The van der Waals surface area contributed by atoms with Crippen molar-refractivity contribution in [1.29, 1.82) is 0 Å². The van der Waals surface area contributed by atoms with Gasteiger partial charge in [-0.3, -0.25) is 19.4 Å². The summed E-state index contributed by atoms with van der Waals surface area (Å²) in [7, 11) is 0. The molecule has 0 spiro atoms. The van der Waals surface area contributed by atoms with E-state index in [1.54, 1.807) is 6.20 Å². The molecule has 1 N–H and O–H groups in total. The third kappa shape index (κ3) is 5.63. The minimum absolute atomic E-state index is 0.248. The van der Waals surface area contributed by atoms with Gasteiger partial charge in [-0.15, -0.1) is 0 Å². The smallest absolute Gasteiger partial charge is 0.279 e. The van der Waals surface area contributed by atoms with Crippen molar-refractivity contribution in [3.05, 3.63) is 69.9 Å². The van der Waals surface area contributed by atoms with Crippen molar-refractivity contribution in [3.63, 3.8) is 0 Å². The number of aromatic nitrogens is 5. The molecule has 5 rings (SSSR count). The number of hydrogen-bond acceptors (Lipinski definition) is 7. The summed E-state index contributed by atoms with van der Waals surface area (Å²) in [6.07, 6.45) is 3.36. The van der Waals surface area contributed by atoms with Crippen LogP contribution >= 0.6 is 0 Å². The Bertz CT molecular complexity index is 1420. The molecule has 1 fully saturated rings. The first-order chi connectivity index (χ1) is 18.6. The molecule has 9 heteroatoms. The maximum Gasteiger partial charge on any atom is 0.279 e. The predicted molar refractivity (Wildman–Crippen MR) is 149 cm³/mol. The first-order valence-electron chi connectivity index (χ1n) is 13.7. The maximum absolute atomic E-state index is 13.3. The summed E-state index contributed by atoms with van der Waals surface area (Å²) in [5.41, 5.74) is 4.52. The van der Waals surface area contributed by atoms with Crippen LogP contribution in [0.4, 0.5) is 0 Å². The summed E-state index contributed by atoms with van der Waals surface area (Å²) in [6, 6.07) is 12.1. The fourth-order valence-corrected chi connectivity index (χ4v) is 5.04. The molecule has 38 heavy (non-hydrogen) atoms. The van der Waals surface area contributed by atoms with Gasteiger partial charge in [0, 0.05) is 38.9 Å². The average molecular weight is 516 g/mol. The minimum Gasteiger partial charge on any atom is -0.493 e. The second-order valence-corrected chi connectivity index (χ2v) is 9.78. The Balaban J connectivity index is 1.51. The van der Waals surface area contributed by atoms with Gasteiger partial charge in [0.25, 0.3) is 5.56 Å². The van der Waals surface area contributed by atoms with E-state index in [1.165, 1.54) is 5.56 Å². The van der Waals surface area contributed by atoms with Gasteiger partial charge < -0.3 is 14.6 Å². The molecule has 3 aromatic heterocycles. The zero-order valence-electron chi connectivity index (χ0n) is 22.6. The summed E-state index contributed by atoms with van der Waals surface area (Å²) in [5, 5.41) is 4.62. The first-order valence-corrected chi connectivity index (χ1v) is 13.7. The number of ether oxygens (including phenoxy) is 1. The third-order valence-electron chi connectivity index (χ3n) is 7.15. The van der Waals surface area contributed by atoms with Crippen LogP contribution in [0.3, 0.4) is 0 Å². The first kappa shape index (κ1) is 26.1. The number of fused-ring (bicyclic) bond motifs is 1. The molecule has 4 heterocycles. The van der Waals surface area contributed by atoms with Crippen molar-refractivity contribution in [2.75, 3.05) is 39.3 Å². The molecule has 0 aliphatic carbocycles. The van der Waals surface area contributed by atoms with E-state index in [-0.39, 0.29) is 5.56 Å². The van der Waals surface area contributed by atoms with Crippen LogP contribution < -0.4 is 10.3 Å². The monoisotopic (exact) mass is 515 g/mol. The van der Waals surface area contributed by atoms with Crippen LogP contribution in [0.5, 0.6) is 5.75 Å². The lowest BCUT2D eigenvalue weighted by molar-refractivity contribution is 0.132. The van der Waals surface area contributed by atoms with E-state index in [4.69, 9.17) is 9.72 Å². The number of piperazine rings is 1. The number of hydrogen-bond donors (Lipinski definition) is 1. The largest absolute Gasteiger partial charge is 0.493 e. The van der Waals surface area contributed by atoms with E-state index in [0.29, 0.717) is 36.4 Å². The van der Waals surface area contributed by atoms with E-state index < -0.39 is 0 Å². The molecule has 1 aliphatic heterocycles. The zero-order valence-corrected chi connectivity index (χ0v) is 22.6. The van der Waals surface area contributed by atoms with Crippen LogP contribution in [0.1, 0.15) is 44.1 Å². The van der Waals surface area contributed by atoms with E-state index in [2.05, 4.69) is 57.8 Å². The Morgan fingerprint density at radius 2 is 1.79 bits per heavy atom. The van der Waals surface area contributed by atoms with Crippen molar-refractivity contribution in [1.82, 2.24) is 34.5 Å². The topological polar surface area (TPSA) is 92.2 Å². The number of likely N-dealkylation sites (N-methyl/N-ethyl adjacent to an activating group) is 1. The van der Waals surface area contributed by atoms with Crippen LogP contribution in [0.25, 0.3) is 22.4 Å². The molecule has 0 saturated carbocycles. The highest BCUT2D eigenvalue weighted by molar-refractivity contribution is 5.79. The molecule has 0 amide bonds. The summed E-state index contributed by atoms with van der Waals surface area (Å²) in [6.45, 7) is 13.7. The SMILES string of the molecule is CCCOc1ccc(CN2CCN(CC)CC2)cc1-c1nc2c(CC)n(Cc3ccccn3)nc2c(=O)[nH]1. The quantitative estimate of drug-likeness (QED) is 0.344. The van der Waals surface area contributed by atoms with E-state index in [0.717, 1.165) is 68.4 Å². The molecule has 4 aromatic rings. The van der Waals surface area contributed by atoms with Gasteiger partial charge in [0.1, 0.15) is 17.1 Å². The number of nitrogens with zero attached hydrogens (tertiary/aromatic N) is 6. The highest BCUT2D eigenvalue weighted by atomic mass is 16.5. The van der Waals surface area contributed by atoms with Gasteiger partial charge in [-0.2, -0.15) is 5.10 Å². The lowest BCUT2D eigenvalue weighted by Crippen LogP contribution is -2.45. The van der Waals surface area contributed by atoms with Crippen LogP contribution in [0.15, 0.2) is 47.4 Å². The van der Waals surface area contributed by atoms with Gasteiger partial charge >= 0.3 is 0 Å². The van der Waals surface area contributed by atoms with Crippen LogP contribution in [-0.4, -0.2) is 73.9 Å². The Hall–Kier alpha value is -3.56. The molecule has 9 nitrogen and oxygen atoms in total. The van der Waals surface area contributed by atoms with Crippen molar-refractivity contribution < 1.29 is 4.74 Å². The Labute approximate surface area is 223 Å². The van der Waals surface area contributed by atoms with Gasteiger partial charge in [0.2, 0.25) is 0 Å². The summed E-state index contributed by atoms with van der Waals surface area (Å²) >= 11 is 0. The van der Waals surface area contributed by atoms with Crippen LogP contribution in [0, 0.1) is 0 Å². The zero-order chi connectivity index (χ0) is 26.5. The third-order valence-corrected chi connectivity index (χ3v) is 7.15. The maximum atomic E-state index is 13.3. The molecule has 0 atom stereocenters. The fraction of sp³-hybridized carbons (Fsp3) is 0.448. The van der Waals surface area contributed by atoms with Crippen molar-refractivity contribution in [3.8, 4) is 17.1 Å². The number of benzene rings is 1. The molecule has 0 unspecified atom stereocenters. The second kappa shape index (κ2) is 11.9. The molecular weight excluding hydrogens is 478 g/mol. The van der Waals surface area contributed by atoms with Crippen molar-refractivity contribution in [2.24, 2.45) is 0 Å². The number of rotatable bonds is 10. The minimum atomic E-state index is -0.248.